The zero-order valence-corrected chi connectivity index (χ0v) is 10.7. The van der Waals surface area contributed by atoms with Gasteiger partial charge in [-0.25, -0.2) is 4.39 Å². The molecule has 0 amide bonds. The third-order valence-electron chi connectivity index (χ3n) is 2.54. The van der Waals surface area contributed by atoms with E-state index in [4.69, 9.17) is 15.2 Å². The standard InChI is InChI=1S/C15H16FNO2/c1-2-10-18-11-6-8-12(9-7-11)19-14-5-3-4-13(16)15(14)17/h3-9H,2,10,17H2,1H3. The molecule has 0 aliphatic heterocycles. The van der Waals surface area contributed by atoms with Crippen molar-refractivity contribution in [1.82, 2.24) is 0 Å². The zero-order valence-electron chi connectivity index (χ0n) is 10.7. The van der Waals surface area contributed by atoms with Gasteiger partial charge >= 0.3 is 0 Å². The van der Waals surface area contributed by atoms with Crippen molar-refractivity contribution < 1.29 is 13.9 Å². The summed E-state index contributed by atoms with van der Waals surface area (Å²) in [6.45, 7) is 2.72. The summed E-state index contributed by atoms with van der Waals surface area (Å²) in [4.78, 5) is 0. The van der Waals surface area contributed by atoms with Crippen molar-refractivity contribution in [2.45, 2.75) is 13.3 Å². The van der Waals surface area contributed by atoms with Crippen LogP contribution in [0.2, 0.25) is 0 Å². The molecule has 0 spiro atoms. The maximum atomic E-state index is 13.3. The third kappa shape index (κ3) is 3.37. The normalized spacial score (nSPS) is 10.2. The molecule has 19 heavy (non-hydrogen) atoms. The van der Waals surface area contributed by atoms with E-state index in [1.54, 1.807) is 36.4 Å². The largest absolute Gasteiger partial charge is 0.494 e. The first-order valence-electron chi connectivity index (χ1n) is 6.15. The topological polar surface area (TPSA) is 44.5 Å². The van der Waals surface area contributed by atoms with Crippen molar-refractivity contribution >= 4 is 5.69 Å². The Morgan fingerprint density at radius 3 is 2.42 bits per heavy atom. The van der Waals surface area contributed by atoms with Crippen LogP contribution in [-0.4, -0.2) is 6.61 Å². The van der Waals surface area contributed by atoms with Crippen LogP contribution in [-0.2, 0) is 0 Å². The number of ether oxygens (including phenoxy) is 2. The monoisotopic (exact) mass is 261 g/mol. The third-order valence-corrected chi connectivity index (χ3v) is 2.54. The van der Waals surface area contributed by atoms with E-state index in [9.17, 15) is 4.39 Å². The molecule has 0 aliphatic rings. The molecule has 0 saturated heterocycles. The van der Waals surface area contributed by atoms with Gasteiger partial charge in [-0.05, 0) is 42.8 Å². The van der Waals surface area contributed by atoms with E-state index in [1.165, 1.54) is 6.07 Å². The number of hydrogen-bond acceptors (Lipinski definition) is 3. The maximum absolute atomic E-state index is 13.3. The minimum atomic E-state index is -0.486. The quantitative estimate of drug-likeness (QED) is 0.828. The lowest BCUT2D eigenvalue weighted by atomic mass is 10.3. The van der Waals surface area contributed by atoms with Gasteiger partial charge in [0.25, 0.3) is 0 Å². The zero-order chi connectivity index (χ0) is 13.7. The molecule has 0 heterocycles. The van der Waals surface area contributed by atoms with Gasteiger partial charge in [0.05, 0.1) is 6.61 Å². The molecule has 0 saturated carbocycles. The fourth-order valence-corrected chi connectivity index (χ4v) is 1.56. The highest BCUT2D eigenvalue weighted by Gasteiger charge is 2.06. The van der Waals surface area contributed by atoms with Crippen molar-refractivity contribution in [1.29, 1.82) is 0 Å². The minimum Gasteiger partial charge on any atom is -0.494 e. The van der Waals surface area contributed by atoms with Gasteiger partial charge in [-0.2, -0.15) is 0 Å². The molecule has 4 heteroatoms. The van der Waals surface area contributed by atoms with Gasteiger partial charge in [-0.15, -0.1) is 0 Å². The number of rotatable bonds is 5. The Kier molecular flexibility index (Phi) is 4.23. The molecule has 0 atom stereocenters. The molecular formula is C15H16FNO2. The summed E-state index contributed by atoms with van der Waals surface area (Å²) in [5, 5.41) is 0. The first kappa shape index (κ1) is 13.2. The maximum Gasteiger partial charge on any atom is 0.153 e. The van der Waals surface area contributed by atoms with Crippen molar-refractivity contribution in [3.63, 3.8) is 0 Å². The Hall–Kier alpha value is -2.23. The Morgan fingerprint density at radius 2 is 1.74 bits per heavy atom. The van der Waals surface area contributed by atoms with Crippen LogP contribution in [0.15, 0.2) is 42.5 Å². The number of anilines is 1. The Morgan fingerprint density at radius 1 is 1.05 bits per heavy atom. The van der Waals surface area contributed by atoms with Gasteiger partial charge in [0, 0.05) is 0 Å². The highest BCUT2D eigenvalue weighted by atomic mass is 19.1. The second-order valence-electron chi connectivity index (χ2n) is 4.07. The van der Waals surface area contributed by atoms with Gasteiger partial charge in [-0.3, -0.25) is 0 Å². The lowest BCUT2D eigenvalue weighted by Crippen LogP contribution is -1.96. The van der Waals surface area contributed by atoms with Crippen LogP contribution >= 0.6 is 0 Å². The van der Waals surface area contributed by atoms with Gasteiger partial charge in [0.15, 0.2) is 5.75 Å². The van der Waals surface area contributed by atoms with Crippen LogP contribution in [0.5, 0.6) is 17.2 Å². The summed E-state index contributed by atoms with van der Waals surface area (Å²) in [5.74, 6) is 1.19. The van der Waals surface area contributed by atoms with Crippen LogP contribution in [0.3, 0.4) is 0 Å². The Bertz CT molecular complexity index is 540. The predicted molar refractivity (Wildman–Crippen MR) is 73.1 cm³/mol. The summed E-state index contributed by atoms with van der Waals surface area (Å²) in [7, 11) is 0. The molecule has 0 radical (unpaired) electrons. The van der Waals surface area contributed by atoms with E-state index in [0.717, 1.165) is 12.2 Å². The highest BCUT2D eigenvalue weighted by molar-refractivity contribution is 5.54. The summed E-state index contributed by atoms with van der Waals surface area (Å²) < 4.78 is 24.3. The molecular weight excluding hydrogens is 245 g/mol. The van der Waals surface area contributed by atoms with Gasteiger partial charge in [0.2, 0.25) is 0 Å². The highest BCUT2D eigenvalue weighted by Crippen LogP contribution is 2.29. The number of hydrogen-bond donors (Lipinski definition) is 1. The molecule has 0 fully saturated rings. The van der Waals surface area contributed by atoms with Crippen LogP contribution in [0.4, 0.5) is 10.1 Å². The lowest BCUT2D eigenvalue weighted by Gasteiger charge is -2.10. The number of halogens is 1. The van der Waals surface area contributed by atoms with E-state index in [-0.39, 0.29) is 5.69 Å². The number of nitrogens with two attached hydrogens (primary N) is 1. The smallest absolute Gasteiger partial charge is 0.153 e. The second kappa shape index (κ2) is 6.09. The van der Waals surface area contributed by atoms with Gasteiger partial charge in [-0.1, -0.05) is 13.0 Å². The molecule has 3 nitrogen and oxygen atoms in total. The summed E-state index contributed by atoms with van der Waals surface area (Å²) in [5.41, 5.74) is 5.61. The molecule has 2 N–H and O–H groups in total. The van der Waals surface area contributed by atoms with E-state index in [2.05, 4.69) is 0 Å². The molecule has 2 aromatic rings. The Labute approximate surface area is 111 Å². The summed E-state index contributed by atoms with van der Waals surface area (Å²) >= 11 is 0. The van der Waals surface area contributed by atoms with Crippen molar-refractivity contribution in [3.8, 4) is 17.2 Å². The SMILES string of the molecule is CCCOc1ccc(Oc2cccc(F)c2N)cc1. The molecule has 0 unspecified atom stereocenters. The molecule has 2 rings (SSSR count). The molecule has 2 aromatic carbocycles. The van der Waals surface area contributed by atoms with Crippen molar-refractivity contribution in [2.75, 3.05) is 12.3 Å². The summed E-state index contributed by atoms with van der Waals surface area (Å²) in [6.07, 6.45) is 0.956. The van der Waals surface area contributed by atoms with Crippen molar-refractivity contribution in [2.24, 2.45) is 0 Å². The van der Waals surface area contributed by atoms with E-state index >= 15 is 0 Å². The van der Waals surface area contributed by atoms with E-state index < -0.39 is 5.82 Å². The Balaban J connectivity index is 2.09. The number of benzene rings is 2. The van der Waals surface area contributed by atoms with Crippen molar-refractivity contribution in [3.05, 3.63) is 48.3 Å². The number of para-hydroxylation sites is 1. The van der Waals surface area contributed by atoms with Crippen LogP contribution in [0.1, 0.15) is 13.3 Å². The van der Waals surface area contributed by atoms with Crippen LogP contribution in [0.25, 0.3) is 0 Å². The fraction of sp³-hybridized carbons (Fsp3) is 0.200. The fourth-order valence-electron chi connectivity index (χ4n) is 1.56. The lowest BCUT2D eigenvalue weighted by molar-refractivity contribution is 0.317. The average molecular weight is 261 g/mol. The van der Waals surface area contributed by atoms with Crippen LogP contribution in [0, 0.1) is 5.82 Å². The second-order valence-corrected chi connectivity index (χ2v) is 4.07. The first-order valence-corrected chi connectivity index (χ1v) is 6.15. The van der Waals surface area contributed by atoms with E-state index in [1.807, 2.05) is 6.92 Å². The average Bonchev–Trinajstić information content (AvgIpc) is 2.43. The molecule has 0 aromatic heterocycles. The minimum absolute atomic E-state index is 0.00816. The van der Waals surface area contributed by atoms with Gasteiger partial charge in [0.1, 0.15) is 23.0 Å². The predicted octanol–water partition coefficient (Wildman–Crippen LogP) is 3.99. The van der Waals surface area contributed by atoms with Gasteiger partial charge < -0.3 is 15.2 Å². The van der Waals surface area contributed by atoms with Crippen LogP contribution < -0.4 is 15.2 Å². The molecule has 0 bridgehead atoms. The number of nitrogen functional groups attached to an aromatic ring is 1. The first-order chi connectivity index (χ1) is 9.20. The summed E-state index contributed by atoms with van der Waals surface area (Å²) in [6, 6.07) is 11.6. The molecule has 100 valence electrons. The molecule has 0 aliphatic carbocycles. The van der Waals surface area contributed by atoms with E-state index in [0.29, 0.717) is 18.1 Å².